The van der Waals surface area contributed by atoms with Crippen molar-refractivity contribution in [3.05, 3.63) is 42.0 Å². The van der Waals surface area contributed by atoms with Gasteiger partial charge in [0.25, 0.3) is 0 Å². The molecule has 0 saturated heterocycles. The first-order valence-corrected chi connectivity index (χ1v) is 5.62. The van der Waals surface area contributed by atoms with Gasteiger partial charge in [-0.3, -0.25) is 4.79 Å². The van der Waals surface area contributed by atoms with Crippen molar-refractivity contribution in [3.63, 3.8) is 0 Å². The second-order valence-electron chi connectivity index (χ2n) is 3.75. The fourth-order valence-electron chi connectivity index (χ4n) is 1.19. The fraction of sp³-hybridized carbons (Fsp3) is 0.357. The third-order valence-corrected chi connectivity index (χ3v) is 2.45. The SMILES string of the molecule is CCC(C)C(=O)OCC=Cc1ccccc1. The van der Waals surface area contributed by atoms with Gasteiger partial charge in [0.1, 0.15) is 6.61 Å². The molecule has 0 N–H and O–H groups in total. The third-order valence-electron chi connectivity index (χ3n) is 2.45. The highest BCUT2D eigenvalue weighted by Crippen LogP contribution is 2.04. The molecule has 0 amide bonds. The van der Waals surface area contributed by atoms with Crippen LogP contribution in [0.3, 0.4) is 0 Å². The second-order valence-corrected chi connectivity index (χ2v) is 3.75. The fourth-order valence-corrected chi connectivity index (χ4v) is 1.19. The minimum absolute atomic E-state index is 0.00914. The molecular formula is C14H18O2. The van der Waals surface area contributed by atoms with E-state index in [4.69, 9.17) is 4.74 Å². The summed E-state index contributed by atoms with van der Waals surface area (Å²) in [6, 6.07) is 9.94. The average Bonchev–Trinajstić information content (AvgIpc) is 2.34. The van der Waals surface area contributed by atoms with Crippen molar-refractivity contribution in [1.29, 1.82) is 0 Å². The van der Waals surface area contributed by atoms with Crippen LogP contribution in [0.1, 0.15) is 25.8 Å². The summed E-state index contributed by atoms with van der Waals surface area (Å²) in [5, 5.41) is 0. The molecule has 0 fully saturated rings. The Morgan fingerprint density at radius 2 is 2.06 bits per heavy atom. The number of hydrogen-bond acceptors (Lipinski definition) is 2. The van der Waals surface area contributed by atoms with Crippen molar-refractivity contribution in [2.24, 2.45) is 5.92 Å². The molecule has 0 aliphatic carbocycles. The van der Waals surface area contributed by atoms with Gasteiger partial charge in [0.2, 0.25) is 0 Å². The van der Waals surface area contributed by atoms with Crippen LogP contribution in [0.2, 0.25) is 0 Å². The van der Waals surface area contributed by atoms with Crippen LogP contribution in [0.4, 0.5) is 0 Å². The maximum atomic E-state index is 11.3. The highest BCUT2D eigenvalue weighted by Gasteiger charge is 2.10. The molecule has 16 heavy (non-hydrogen) atoms. The first kappa shape index (κ1) is 12.5. The topological polar surface area (TPSA) is 26.3 Å². The maximum Gasteiger partial charge on any atom is 0.308 e. The molecular weight excluding hydrogens is 200 g/mol. The van der Waals surface area contributed by atoms with Crippen LogP contribution in [-0.4, -0.2) is 12.6 Å². The predicted molar refractivity (Wildman–Crippen MR) is 65.9 cm³/mol. The van der Waals surface area contributed by atoms with Gasteiger partial charge < -0.3 is 4.74 Å². The van der Waals surface area contributed by atoms with Crippen molar-refractivity contribution in [3.8, 4) is 0 Å². The molecule has 1 aromatic carbocycles. The molecule has 0 aliphatic heterocycles. The van der Waals surface area contributed by atoms with E-state index in [1.54, 1.807) is 0 Å². The smallest absolute Gasteiger partial charge is 0.308 e. The van der Waals surface area contributed by atoms with E-state index >= 15 is 0 Å². The van der Waals surface area contributed by atoms with Crippen LogP contribution in [0.25, 0.3) is 6.08 Å². The Balaban J connectivity index is 2.31. The van der Waals surface area contributed by atoms with Gasteiger partial charge in [0.05, 0.1) is 5.92 Å². The molecule has 2 heteroatoms. The lowest BCUT2D eigenvalue weighted by molar-refractivity contribution is -0.146. The number of ether oxygens (including phenoxy) is 1. The van der Waals surface area contributed by atoms with Crippen LogP contribution in [-0.2, 0) is 9.53 Å². The van der Waals surface area contributed by atoms with Crippen LogP contribution < -0.4 is 0 Å². The molecule has 1 unspecified atom stereocenters. The van der Waals surface area contributed by atoms with E-state index in [1.165, 1.54) is 0 Å². The Hall–Kier alpha value is -1.57. The molecule has 0 spiro atoms. The zero-order valence-corrected chi connectivity index (χ0v) is 9.85. The van der Waals surface area contributed by atoms with E-state index in [0.29, 0.717) is 6.61 Å². The van der Waals surface area contributed by atoms with Crippen molar-refractivity contribution in [2.75, 3.05) is 6.61 Å². The lowest BCUT2D eigenvalue weighted by atomic mass is 10.1. The van der Waals surface area contributed by atoms with E-state index in [9.17, 15) is 4.79 Å². The molecule has 86 valence electrons. The first-order chi connectivity index (χ1) is 7.74. The number of benzene rings is 1. The molecule has 1 aromatic rings. The highest BCUT2D eigenvalue weighted by atomic mass is 16.5. The Morgan fingerprint density at radius 3 is 2.69 bits per heavy atom. The molecule has 0 aliphatic rings. The van der Waals surface area contributed by atoms with Gasteiger partial charge >= 0.3 is 5.97 Å². The van der Waals surface area contributed by atoms with Gasteiger partial charge in [0.15, 0.2) is 0 Å². The summed E-state index contributed by atoms with van der Waals surface area (Å²) in [7, 11) is 0. The molecule has 1 atom stereocenters. The minimum Gasteiger partial charge on any atom is -0.461 e. The van der Waals surface area contributed by atoms with E-state index in [0.717, 1.165) is 12.0 Å². The van der Waals surface area contributed by atoms with Crippen LogP contribution >= 0.6 is 0 Å². The Morgan fingerprint density at radius 1 is 1.38 bits per heavy atom. The van der Waals surface area contributed by atoms with Crippen molar-refractivity contribution < 1.29 is 9.53 Å². The Labute approximate surface area is 96.9 Å². The van der Waals surface area contributed by atoms with E-state index < -0.39 is 0 Å². The molecule has 0 bridgehead atoms. The zero-order valence-electron chi connectivity index (χ0n) is 9.85. The van der Waals surface area contributed by atoms with Gasteiger partial charge in [-0.25, -0.2) is 0 Å². The first-order valence-electron chi connectivity index (χ1n) is 5.62. The number of carbonyl (C=O) groups excluding carboxylic acids is 1. The summed E-state index contributed by atoms with van der Waals surface area (Å²) in [6.45, 7) is 4.20. The summed E-state index contributed by atoms with van der Waals surface area (Å²) < 4.78 is 5.09. The molecule has 2 nitrogen and oxygen atoms in total. The van der Waals surface area contributed by atoms with Gasteiger partial charge in [-0.15, -0.1) is 0 Å². The van der Waals surface area contributed by atoms with Crippen molar-refractivity contribution >= 4 is 12.0 Å². The zero-order chi connectivity index (χ0) is 11.8. The van der Waals surface area contributed by atoms with E-state index in [1.807, 2.05) is 56.3 Å². The second kappa shape index (κ2) is 6.83. The normalized spacial score (nSPS) is 12.6. The molecule has 0 saturated carbocycles. The standard InChI is InChI=1S/C14H18O2/c1-3-12(2)14(15)16-11-7-10-13-8-5-4-6-9-13/h4-10,12H,3,11H2,1-2H3. The molecule has 1 rings (SSSR count). The molecule has 0 heterocycles. The number of hydrogen-bond donors (Lipinski definition) is 0. The summed E-state index contributed by atoms with van der Waals surface area (Å²) in [5.41, 5.74) is 1.11. The third kappa shape index (κ3) is 4.30. The summed E-state index contributed by atoms with van der Waals surface area (Å²) >= 11 is 0. The lowest BCUT2D eigenvalue weighted by Crippen LogP contribution is -2.13. The van der Waals surface area contributed by atoms with E-state index in [2.05, 4.69) is 0 Å². The number of carbonyl (C=O) groups is 1. The number of rotatable bonds is 5. The Kier molecular flexibility index (Phi) is 5.34. The van der Waals surface area contributed by atoms with E-state index in [-0.39, 0.29) is 11.9 Å². The summed E-state index contributed by atoms with van der Waals surface area (Å²) in [4.78, 5) is 11.3. The number of esters is 1. The van der Waals surface area contributed by atoms with Crippen molar-refractivity contribution in [1.82, 2.24) is 0 Å². The van der Waals surface area contributed by atoms with Crippen LogP contribution in [0.15, 0.2) is 36.4 Å². The highest BCUT2D eigenvalue weighted by molar-refractivity contribution is 5.72. The van der Waals surface area contributed by atoms with Crippen LogP contribution in [0.5, 0.6) is 0 Å². The molecule has 0 aromatic heterocycles. The quantitative estimate of drug-likeness (QED) is 0.709. The minimum atomic E-state index is -0.125. The molecule has 0 radical (unpaired) electrons. The van der Waals surface area contributed by atoms with Crippen molar-refractivity contribution in [2.45, 2.75) is 20.3 Å². The van der Waals surface area contributed by atoms with Gasteiger partial charge in [-0.2, -0.15) is 0 Å². The van der Waals surface area contributed by atoms with Gasteiger partial charge in [-0.05, 0) is 18.1 Å². The van der Waals surface area contributed by atoms with Gasteiger partial charge in [0, 0.05) is 0 Å². The summed E-state index contributed by atoms with van der Waals surface area (Å²) in [6.07, 6.45) is 4.63. The summed E-state index contributed by atoms with van der Waals surface area (Å²) in [5.74, 6) is -0.134. The predicted octanol–water partition coefficient (Wildman–Crippen LogP) is 3.29. The average molecular weight is 218 g/mol. The maximum absolute atomic E-state index is 11.3. The van der Waals surface area contributed by atoms with Crippen LogP contribution in [0, 0.1) is 5.92 Å². The lowest BCUT2D eigenvalue weighted by Gasteiger charge is -2.06. The largest absolute Gasteiger partial charge is 0.461 e. The van der Waals surface area contributed by atoms with Gasteiger partial charge in [-0.1, -0.05) is 50.3 Å². The monoisotopic (exact) mass is 218 g/mol. The Bertz CT molecular complexity index is 341.